The van der Waals surface area contributed by atoms with Crippen LogP contribution in [0.5, 0.6) is 5.75 Å². The highest BCUT2D eigenvalue weighted by Gasteiger charge is 2.40. The predicted octanol–water partition coefficient (Wildman–Crippen LogP) is 2.72. The Balaban J connectivity index is 1.56. The van der Waals surface area contributed by atoms with Gasteiger partial charge in [-0.05, 0) is 36.2 Å². The smallest absolute Gasteiger partial charge is 0.319 e. The summed E-state index contributed by atoms with van der Waals surface area (Å²) in [6, 6.07) is 10.3. The summed E-state index contributed by atoms with van der Waals surface area (Å²) in [5.74, 6) is 1.37. The third-order valence-electron chi connectivity index (χ3n) is 4.63. The third kappa shape index (κ3) is 3.40. The van der Waals surface area contributed by atoms with Gasteiger partial charge in [0.2, 0.25) is 0 Å². The van der Waals surface area contributed by atoms with Gasteiger partial charge in [-0.25, -0.2) is 4.79 Å². The van der Waals surface area contributed by atoms with Crippen LogP contribution in [-0.2, 0) is 11.3 Å². The van der Waals surface area contributed by atoms with Gasteiger partial charge in [0.25, 0.3) is 5.91 Å². The van der Waals surface area contributed by atoms with Crippen LogP contribution >= 0.6 is 0 Å². The Morgan fingerprint density at radius 2 is 2.04 bits per heavy atom. The van der Waals surface area contributed by atoms with Crippen molar-refractivity contribution in [3.8, 4) is 5.75 Å². The average Bonchev–Trinajstić information content (AvgIpc) is 3.28. The van der Waals surface area contributed by atoms with Crippen LogP contribution in [0.2, 0.25) is 0 Å². The van der Waals surface area contributed by atoms with Crippen molar-refractivity contribution in [3.63, 3.8) is 0 Å². The minimum atomic E-state index is -0.483. The summed E-state index contributed by atoms with van der Waals surface area (Å²) in [7, 11) is 0. The highest BCUT2D eigenvalue weighted by Crippen LogP contribution is 2.33. The van der Waals surface area contributed by atoms with E-state index in [2.05, 4.69) is 10.6 Å². The van der Waals surface area contributed by atoms with Crippen LogP contribution in [0.4, 0.5) is 4.79 Å². The Hall–Kier alpha value is -3.22. The molecule has 1 atom stereocenters. The standard InChI is InChI=1S/C20H21N3O4/c1-2-9-26-14-7-5-13(6-8-14)18-17-16(21-20(25)22-18)12-23(19(17)24)11-15-4-3-10-27-15/h3-8,10,18H,2,9,11-12H2,1H3,(H2,21,22,25). The molecule has 0 saturated heterocycles. The molecule has 140 valence electrons. The number of carbonyl (C=O) groups excluding carboxylic acids is 2. The summed E-state index contributed by atoms with van der Waals surface area (Å²) in [6.45, 7) is 3.42. The van der Waals surface area contributed by atoms with E-state index >= 15 is 0 Å². The first-order valence-corrected chi connectivity index (χ1v) is 9.00. The molecule has 2 aliphatic rings. The number of amides is 3. The fourth-order valence-electron chi connectivity index (χ4n) is 3.37. The maximum atomic E-state index is 13.0. The molecular formula is C20H21N3O4. The molecule has 0 radical (unpaired) electrons. The van der Waals surface area contributed by atoms with E-state index in [1.54, 1.807) is 17.2 Å². The number of urea groups is 1. The van der Waals surface area contributed by atoms with E-state index in [4.69, 9.17) is 9.15 Å². The lowest BCUT2D eigenvalue weighted by Gasteiger charge is -2.25. The van der Waals surface area contributed by atoms with Crippen molar-refractivity contribution in [2.75, 3.05) is 13.2 Å². The molecule has 2 aromatic rings. The fourth-order valence-corrected chi connectivity index (χ4v) is 3.37. The Bertz CT molecular complexity index is 871. The molecule has 0 spiro atoms. The summed E-state index contributed by atoms with van der Waals surface area (Å²) < 4.78 is 11.0. The molecule has 2 N–H and O–H groups in total. The van der Waals surface area contributed by atoms with Crippen LogP contribution in [0.3, 0.4) is 0 Å². The van der Waals surface area contributed by atoms with Crippen LogP contribution in [-0.4, -0.2) is 30.0 Å². The van der Waals surface area contributed by atoms with Gasteiger partial charge >= 0.3 is 6.03 Å². The lowest BCUT2D eigenvalue weighted by Crippen LogP contribution is -2.44. The first-order chi connectivity index (χ1) is 13.2. The average molecular weight is 367 g/mol. The molecular weight excluding hydrogens is 346 g/mol. The molecule has 0 saturated carbocycles. The molecule has 1 aromatic carbocycles. The van der Waals surface area contributed by atoms with E-state index < -0.39 is 6.04 Å². The largest absolute Gasteiger partial charge is 0.494 e. The summed E-state index contributed by atoms with van der Waals surface area (Å²) >= 11 is 0. The van der Waals surface area contributed by atoms with Crippen molar-refractivity contribution in [2.45, 2.75) is 25.9 Å². The van der Waals surface area contributed by atoms with Gasteiger partial charge in [-0.15, -0.1) is 0 Å². The monoisotopic (exact) mass is 367 g/mol. The van der Waals surface area contributed by atoms with E-state index in [1.165, 1.54) is 0 Å². The second kappa shape index (κ2) is 7.19. The lowest BCUT2D eigenvalue weighted by atomic mass is 9.96. The highest BCUT2D eigenvalue weighted by molar-refractivity contribution is 6.01. The van der Waals surface area contributed by atoms with Crippen LogP contribution in [0.25, 0.3) is 0 Å². The van der Waals surface area contributed by atoms with E-state index in [1.807, 2.05) is 37.3 Å². The number of hydrogen-bond donors (Lipinski definition) is 2. The topological polar surface area (TPSA) is 83.8 Å². The van der Waals surface area contributed by atoms with Gasteiger partial charge in [0.05, 0.1) is 43.3 Å². The number of hydrogen-bond acceptors (Lipinski definition) is 4. The first-order valence-electron chi connectivity index (χ1n) is 9.00. The van der Waals surface area contributed by atoms with Crippen LogP contribution in [0.1, 0.15) is 30.7 Å². The van der Waals surface area contributed by atoms with Crippen molar-refractivity contribution >= 4 is 11.9 Å². The van der Waals surface area contributed by atoms with Gasteiger partial charge in [-0.1, -0.05) is 19.1 Å². The first kappa shape index (κ1) is 17.2. The van der Waals surface area contributed by atoms with Gasteiger partial charge in [0, 0.05) is 0 Å². The van der Waals surface area contributed by atoms with Crippen molar-refractivity contribution in [1.29, 1.82) is 0 Å². The molecule has 0 aliphatic carbocycles. The van der Waals surface area contributed by atoms with Gasteiger partial charge in [0.1, 0.15) is 11.5 Å². The van der Waals surface area contributed by atoms with Crippen LogP contribution in [0, 0.1) is 0 Å². The second-order valence-corrected chi connectivity index (χ2v) is 6.58. The van der Waals surface area contributed by atoms with Gasteiger partial charge in [0.15, 0.2) is 0 Å². The normalized spacial score (nSPS) is 19.0. The summed E-state index contributed by atoms with van der Waals surface area (Å²) in [6.07, 6.45) is 2.51. The zero-order chi connectivity index (χ0) is 18.8. The number of nitrogens with one attached hydrogen (secondary N) is 2. The van der Waals surface area contributed by atoms with Crippen molar-refractivity contribution < 1.29 is 18.7 Å². The predicted molar refractivity (Wildman–Crippen MR) is 97.8 cm³/mol. The van der Waals surface area contributed by atoms with Crippen LogP contribution < -0.4 is 15.4 Å². The number of furan rings is 1. The molecule has 7 nitrogen and oxygen atoms in total. The van der Waals surface area contributed by atoms with Crippen molar-refractivity contribution in [3.05, 3.63) is 65.3 Å². The molecule has 4 rings (SSSR count). The summed E-state index contributed by atoms with van der Waals surface area (Å²) in [5, 5.41) is 5.63. The Morgan fingerprint density at radius 3 is 2.74 bits per heavy atom. The number of ether oxygens (including phenoxy) is 1. The fraction of sp³-hybridized carbons (Fsp3) is 0.300. The van der Waals surface area contributed by atoms with Gasteiger partial charge < -0.3 is 24.7 Å². The number of benzene rings is 1. The van der Waals surface area contributed by atoms with Gasteiger partial charge in [-0.3, -0.25) is 4.79 Å². The molecule has 3 heterocycles. The summed E-state index contributed by atoms with van der Waals surface area (Å²) in [5.41, 5.74) is 2.06. The molecule has 3 amide bonds. The highest BCUT2D eigenvalue weighted by atomic mass is 16.5. The van der Waals surface area contributed by atoms with E-state index in [9.17, 15) is 9.59 Å². The molecule has 1 unspecified atom stereocenters. The van der Waals surface area contributed by atoms with Gasteiger partial charge in [-0.2, -0.15) is 0 Å². The zero-order valence-electron chi connectivity index (χ0n) is 15.0. The molecule has 1 aromatic heterocycles. The van der Waals surface area contributed by atoms with Crippen LogP contribution in [0.15, 0.2) is 58.3 Å². The van der Waals surface area contributed by atoms with E-state index in [0.717, 1.165) is 17.7 Å². The minimum Gasteiger partial charge on any atom is -0.494 e. The molecule has 0 fully saturated rings. The summed E-state index contributed by atoms with van der Waals surface area (Å²) in [4.78, 5) is 26.7. The number of nitrogens with zero attached hydrogens (tertiary/aromatic N) is 1. The lowest BCUT2D eigenvalue weighted by molar-refractivity contribution is -0.126. The maximum absolute atomic E-state index is 13.0. The molecule has 2 aliphatic heterocycles. The Kier molecular flexibility index (Phi) is 4.58. The van der Waals surface area contributed by atoms with E-state index in [0.29, 0.717) is 36.7 Å². The second-order valence-electron chi connectivity index (χ2n) is 6.58. The molecule has 27 heavy (non-hydrogen) atoms. The Morgan fingerprint density at radius 1 is 1.22 bits per heavy atom. The van der Waals surface area contributed by atoms with Crippen molar-refractivity contribution in [1.82, 2.24) is 15.5 Å². The zero-order valence-corrected chi connectivity index (χ0v) is 15.0. The third-order valence-corrected chi connectivity index (χ3v) is 4.63. The SMILES string of the molecule is CCCOc1ccc(C2NC(=O)NC3=C2C(=O)N(Cc2ccco2)C3)cc1. The van der Waals surface area contributed by atoms with E-state index in [-0.39, 0.29) is 11.9 Å². The number of carbonyl (C=O) groups is 2. The molecule has 0 bridgehead atoms. The Labute approximate surface area is 157 Å². The quantitative estimate of drug-likeness (QED) is 0.822. The molecule has 7 heteroatoms. The number of rotatable bonds is 6. The minimum absolute atomic E-state index is 0.106. The maximum Gasteiger partial charge on any atom is 0.319 e. The van der Waals surface area contributed by atoms with Crippen molar-refractivity contribution in [2.24, 2.45) is 0 Å².